The average Bonchev–Trinajstić information content (AvgIpc) is 2.53. The normalized spacial score (nSPS) is 24.4. The third-order valence-corrected chi connectivity index (χ3v) is 4.34. The number of nitrogens with zero attached hydrogens (tertiary/aromatic N) is 1. The Kier molecular flexibility index (Phi) is 6.96. The minimum absolute atomic E-state index is 0.190. The lowest BCUT2D eigenvalue weighted by Crippen LogP contribution is -2.52. The van der Waals surface area contributed by atoms with Gasteiger partial charge >= 0.3 is 5.97 Å². The van der Waals surface area contributed by atoms with Crippen LogP contribution in [0.1, 0.15) is 59.8 Å². The van der Waals surface area contributed by atoms with Gasteiger partial charge in [0.2, 0.25) is 0 Å². The summed E-state index contributed by atoms with van der Waals surface area (Å²) in [6, 6.07) is 0.190. The van der Waals surface area contributed by atoms with Gasteiger partial charge in [0.15, 0.2) is 0 Å². The maximum absolute atomic E-state index is 11.5. The van der Waals surface area contributed by atoms with E-state index in [1.54, 1.807) is 6.92 Å². The molecule has 0 bridgehead atoms. The molecular weight excluding hydrogens is 252 g/mol. The largest absolute Gasteiger partial charge is 0.480 e. The molecule has 4 heteroatoms. The molecule has 1 heterocycles. The van der Waals surface area contributed by atoms with Gasteiger partial charge in [0.25, 0.3) is 0 Å². The third-order valence-electron chi connectivity index (χ3n) is 4.34. The van der Waals surface area contributed by atoms with Crippen LogP contribution >= 0.6 is 0 Å². The molecule has 4 nitrogen and oxygen atoms in total. The Labute approximate surface area is 123 Å². The second kappa shape index (κ2) is 7.99. The van der Waals surface area contributed by atoms with Crippen molar-refractivity contribution < 1.29 is 9.90 Å². The molecule has 118 valence electrons. The Hall–Kier alpha value is -0.610. The zero-order chi connectivity index (χ0) is 15.2. The van der Waals surface area contributed by atoms with Crippen molar-refractivity contribution in [3.8, 4) is 0 Å². The smallest absolute Gasteiger partial charge is 0.323 e. The molecule has 2 unspecified atom stereocenters. The Balaban J connectivity index is 2.38. The molecule has 2 atom stereocenters. The zero-order valence-corrected chi connectivity index (χ0v) is 13.6. The number of carboxylic acids is 1. The molecule has 0 aromatic carbocycles. The number of nitrogens with one attached hydrogen (secondary N) is 1. The Bertz CT molecular complexity index is 307. The fraction of sp³-hybridized carbons (Fsp3) is 0.938. The highest BCUT2D eigenvalue weighted by molar-refractivity contribution is 5.78. The van der Waals surface area contributed by atoms with Gasteiger partial charge < -0.3 is 10.0 Å². The summed E-state index contributed by atoms with van der Waals surface area (Å²) in [5, 5.41) is 12.6. The fourth-order valence-corrected chi connectivity index (χ4v) is 3.08. The van der Waals surface area contributed by atoms with Crippen molar-refractivity contribution >= 4 is 5.97 Å². The van der Waals surface area contributed by atoms with Crippen LogP contribution in [0.3, 0.4) is 0 Å². The SMILES string of the molecule is CC1CCCN(CCCC(C)(NC(C)C)C(=O)O)CC1. The van der Waals surface area contributed by atoms with E-state index in [1.165, 1.54) is 32.4 Å². The van der Waals surface area contributed by atoms with Gasteiger partial charge in [-0.1, -0.05) is 6.92 Å². The molecule has 20 heavy (non-hydrogen) atoms. The quantitative estimate of drug-likeness (QED) is 0.755. The Morgan fingerprint density at radius 2 is 2.10 bits per heavy atom. The molecule has 1 aliphatic rings. The molecule has 0 radical (unpaired) electrons. The fourth-order valence-electron chi connectivity index (χ4n) is 3.08. The van der Waals surface area contributed by atoms with E-state index in [4.69, 9.17) is 0 Å². The topological polar surface area (TPSA) is 52.6 Å². The molecule has 1 saturated heterocycles. The summed E-state index contributed by atoms with van der Waals surface area (Å²) < 4.78 is 0. The summed E-state index contributed by atoms with van der Waals surface area (Å²) in [5.74, 6) is 0.0996. The lowest BCUT2D eigenvalue weighted by molar-refractivity contribution is -0.144. The highest BCUT2D eigenvalue weighted by Gasteiger charge is 2.32. The molecule has 1 rings (SSSR count). The molecule has 0 aromatic rings. The van der Waals surface area contributed by atoms with Crippen LogP contribution in [0.5, 0.6) is 0 Å². The van der Waals surface area contributed by atoms with E-state index in [1.807, 2.05) is 13.8 Å². The highest BCUT2D eigenvalue weighted by Crippen LogP contribution is 2.18. The molecule has 0 spiro atoms. The lowest BCUT2D eigenvalue weighted by atomic mass is 9.94. The Morgan fingerprint density at radius 1 is 1.40 bits per heavy atom. The second-order valence-electron chi connectivity index (χ2n) is 6.92. The van der Waals surface area contributed by atoms with Gasteiger partial charge in [0.05, 0.1) is 0 Å². The maximum Gasteiger partial charge on any atom is 0.323 e. The average molecular weight is 284 g/mol. The van der Waals surface area contributed by atoms with E-state index in [2.05, 4.69) is 17.1 Å². The number of aliphatic carboxylic acids is 1. The standard InChI is InChI=1S/C16H32N2O2/c1-13(2)17-16(4,15(19)20)9-6-11-18-10-5-7-14(3)8-12-18/h13-14,17H,5-12H2,1-4H3,(H,19,20). The number of rotatable bonds is 7. The third kappa shape index (κ3) is 5.80. The minimum Gasteiger partial charge on any atom is -0.480 e. The van der Waals surface area contributed by atoms with Crippen molar-refractivity contribution in [2.24, 2.45) is 5.92 Å². The van der Waals surface area contributed by atoms with Crippen LogP contribution in [0.4, 0.5) is 0 Å². The molecule has 2 N–H and O–H groups in total. The first kappa shape index (κ1) is 17.4. The predicted molar refractivity (Wildman–Crippen MR) is 83.0 cm³/mol. The van der Waals surface area contributed by atoms with Crippen molar-refractivity contribution in [3.63, 3.8) is 0 Å². The molecule has 0 aliphatic carbocycles. The Morgan fingerprint density at radius 3 is 2.70 bits per heavy atom. The molecule has 1 fully saturated rings. The molecule has 0 aromatic heterocycles. The number of hydrogen-bond acceptors (Lipinski definition) is 3. The van der Waals surface area contributed by atoms with Crippen molar-refractivity contribution in [2.45, 2.75) is 71.4 Å². The van der Waals surface area contributed by atoms with Crippen molar-refractivity contribution in [2.75, 3.05) is 19.6 Å². The molecule has 0 saturated carbocycles. The van der Waals surface area contributed by atoms with E-state index in [0.717, 1.165) is 18.9 Å². The second-order valence-corrected chi connectivity index (χ2v) is 6.92. The minimum atomic E-state index is -0.798. The first-order valence-corrected chi connectivity index (χ1v) is 8.07. The van der Waals surface area contributed by atoms with Crippen LogP contribution in [0.25, 0.3) is 0 Å². The summed E-state index contributed by atoms with van der Waals surface area (Å²) in [7, 11) is 0. The predicted octanol–water partition coefficient (Wildman–Crippen LogP) is 2.73. The van der Waals surface area contributed by atoms with Crippen LogP contribution < -0.4 is 5.32 Å². The summed E-state index contributed by atoms with van der Waals surface area (Å²) in [6.07, 6.45) is 5.52. The van der Waals surface area contributed by atoms with E-state index in [0.29, 0.717) is 6.42 Å². The summed E-state index contributed by atoms with van der Waals surface area (Å²) in [6.45, 7) is 11.5. The number of likely N-dealkylation sites (tertiary alicyclic amines) is 1. The number of hydrogen-bond donors (Lipinski definition) is 2. The van der Waals surface area contributed by atoms with Gasteiger partial charge in [-0.3, -0.25) is 10.1 Å². The number of carboxylic acid groups (broad SMARTS) is 1. The highest BCUT2D eigenvalue weighted by atomic mass is 16.4. The summed E-state index contributed by atoms with van der Waals surface area (Å²) >= 11 is 0. The molecule has 0 amide bonds. The first-order valence-electron chi connectivity index (χ1n) is 8.07. The van der Waals surface area contributed by atoms with Gasteiger partial charge in [-0.25, -0.2) is 0 Å². The van der Waals surface area contributed by atoms with Gasteiger partial charge in [-0.05, 0) is 78.4 Å². The van der Waals surface area contributed by atoms with E-state index in [9.17, 15) is 9.90 Å². The van der Waals surface area contributed by atoms with Crippen LogP contribution in [0.15, 0.2) is 0 Å². The monoisotopic (exact) mass is 284 g/mol. The van der Waals surface area contributed by atoms with Crippen LogP contribution in [0, 0.1) is 5.92 Å². The van der Waals surface area contributed by atoms with E-state index < -0.39 is 11.5 Å². The van der Waals surface area contributed by atoms with Crippen molar-refractivity contribution in [1.29, 1.82) is 0 Å². The molecular formula is C16H32N2O2. The van der Waals surface area contributed by atoms with Crippen LogP contribution in [0.2, 0.25) is 0 Å². The van der Waals surface area contributed by atoms with E-state index >= 15 is 0 Å². The van der Waals surface area contributed by atoms with E-state index in [-0.39, 0.29) is 6.04 Å². The van der Waals surface area contributed by atoms with Gasteiger partial charge in [-0.15, -0.1) is 0 Å². The van der Waals surface area contributed by atoms with Crippen molar-refractivity contribution in [1.82, 2.24) is 10.2 Å². The first-order chi connectivity index (χ1) is 9.33. The summed E-state index contributed by atoms with van der Waals surface area (Å²) in [5.41, 5.74) is -0.798. The number of carbonyl (C=O) groups is 1. The maximum atomic E-state index is 11.5. The van der Waals surface area contributed by atoms with Crippen LogP contribution in [-0.2, 0) is 4.79 Å². The molecule has 1 aliphatic heterocycles. The van der Waals surface area contributed by atoms with Gasteiger partial charge in [0, 0.05) is 6.04 Å². The summed E-state index contributed by atoms with van der Waals surface area (Å²) in [4.78, 5) is 14.0. The zero-order valence-electron chi connectivity index (χ0n) is 13.6. The van der Waals surface area contributed by atoms with Crippen molar-refractivity contribution in [3.05, 3.63) is 0 Å². The van der Waals surface area contributed by atoms with Gasteiger partial charge in [-0.2, -0.15) is 0 Å². The van der Waals surface area contributed by atoms with Gasteiger partial charge in [0.1, 0.15) is 5.54 Å². The van der Waals surface area contributed by atoms with Crippen LogP contribution in [-0.4, -0.2) is 47.2 Å². The lowest BCUT2D eigenvalue weighted by Gasteiger charge is -2.30.